The fraction of sp³-hybridized carbons (Fsp3) is 0.514. The van der Waals surface area contributed by atoms with E-state index in [1.807, 2.05) is 26.0 Å². The lowest BCUT2D eigenvalue weighted by Crippen LogP contribution is -2.46. The monoisotopic (exact) mass is 766 g/mol. The summed E-state index contributed by atoms with van der Waals surface area (Å²) in [6.07, 6.45) is 4.55. The number of aromatic nitrogens is 3. The molecule has 6 atom stereocenters. The highest BCUT2D eigenvalue weighted by atomic mass is 31.2. The Morgan fingerprint density at radius 3 is 2.44 bits per heavy atom. The van der Waals surface area contributed by atoms with Gasteiger partial charge in [0.25, 0.3) is 0 Å². The number of hydrogen-bond acceptors (Lipinski definition) is 14. The number of nitrogens with zero attached hydrogens (tertiary/aromatic N) is 4. The molecule has 2 aromatic heterocycles. The molecule has 1 saturated heterocycles. The van der Waals surface area contributed by atoms with Gasteiger partial charge in [-0.25, -0.2) is 14.1 Å². The largest absolute Gasteiger partial charge is 0.464 e. The molecule has 3 N–H and O–H groups in total. The van der Waals surface area contributed by atoms with Crippen LogP contribution in [0.2, 0.25) is 0 Å². The summed E-state index contributed by atoms with van der Waals surface area (Å²) in [6.45, 7) is 5.02. The molecular formula is C37H47N6O10P. The molecular weight excluding hydrogens is 719 g/mol. The van der Waals surface area contributed by atoms with Crippen LogP contribution in [-0.2, 0) is 48.0 Å². The van der Waals surface area contributed by atoms with Gasteiger partial charge in [0.15, 0.2) is 18.0 Å². The number of fused-ring (bicyclic) bond motifs is 2. The van der Waals surface area contributed by atoms with E-state index in [9.17, 15) is 24.2 Å². The molecule has 0 radical (unpaired) electrons. The fourth-order valence-corrected chi connectivity index (χ4v) is 7.70. The maximum Gasteiger partial charge on any atom is 0.459 e. The van der Waals surface area contributed by atoms with E-state index in [2.05, 4.69) is 21.2 Å². The Labute approximate surface area is 313 Å². The zero-order valence-corrected chi connectivity index (χ0v) is 31.5. The first-order valence-corrected chi connectivity index (χ1v) is 19.7. The number of ether oxygens (including phenoxy) is 4. The third-order valence-corrected chi connectivity index (χ3v) is 11.0. The van der Waals surface area contributed by atoms with Crippen LogP contribution in [0.25, 0.3) is 5.52 Å². The second kappa shape index (κ2) is 18.5. The van der Waals surface area contributed by atoms with Crippen molar-refractivity contribution in [2.75, 3.05) is 18.9 Å². The minimum Gasteiger partial charge on any atom is -0.464 e. The van der Waals surface area contributed by atoms with Crippen LogP contribution in [0.1, 0.15) is 77.8 Å². The quantitative estimate of drug-likeness (QED) is 0.0974. The highest BCUT2D eigenvalue weighted by Gasteiger charge is 2.63. The Bertz CT molecular complexity index is 1880. The van der Waals surface area contributed by atoms with Crippen molar-refractivity contribution in [3.8, 4) is 11.8 Å². The number of nitrogen functional groups attached to an aromatic ring is 1. The van der Waals surface area contributed by atoms with Crippen LogP contribution >= 0.6 is 7.75 Å². The van der Waals surface area contributed by atoms with Gasteiger partial charge in [-0.05, 0) is 62.8 Å². The number of esters is 3. The maximum atomic E-state index is 14.5. The molecule has 5 rings (SSSR count). The van der Waals surface area contributed by atoms with Crippen molar-refractivity contribution in [2.24, 2.45) is 5.92 Å². The van der Waals surface area contributed by atoms with Crippen molar-refractivity contribution in [1.82, 2.24) is 19.7 Å². The lowest BCUT2D eigenvalue weighted by molar-refractivity contribution is -0.169. The highest BCUT2D eigenvalue weighted by Crippen LogP contribution is 2.48. The second-order valence-electron chi connectivity index (χ2n) is 13.1. The Hall–Kier alpha value is -4.81. The fourth-order valence-electron chi connectivity index (χ4n) is 6.20. The van der Waals surface area contributed by atoms with Gasteiger partial charge in [-0.3, -0.25) is 18.9 Å². The highest BCUT2D eigenvalue weighted by molar-refractivity contribution is 7.52. The number of nitrogens with two attached hydrogens (primary N) is 1. The van der Waals surface area contributed by atoms with Crippen molar-refractivity contribution in [2.45, 2.75) is 102 Å². The average Bonchev–Trinajstić information content (AvgIpc) is 3.72. The molecule has 0 bridgehead atoms. The number of rotatable bonds is 13. The van der Waals surface area contributed by atoms with Crippen LogP contribution in [0, 0.1) is 17.2 Å². The van der Waals surface area contributed by atoms with E-state index in [0.29, 0.717) is 31.2 Å². The first-order valence-electron chi connectivity index (χ1n) is 18.2. The molecule has 1 aromatic carbocycles. The number of nitrogens with one attached hydrogen (secondary N) is 1. The molecule has 0 saturated carbocycles. The van der Waals surface area contributed by atoms with E-state index in [1.54, 1.807) is 36.4 Å². The van der Waals surface area contributed by atoms with Crippen molar-refractivity contribution in [1.29, 1.82) is 5.26 Å². The van der Waals surface area contributed by atoms with Gasteiger partial charge in [0.05, 0.1) is 18.9 Å². The lowest BCUT2D eigenvalue weighted by Gasteiger charge is -2.29. The molecule has 0 amide bonds. The summed E-state index contributed by atoms with van der Waals surface area (Å²) >= 11 is 0. The number of carbonyl (C=O) groups is 3. The molecule has 54 heavy (non-hydrogen) atoms. The van der Waals surface area contributed by atoms with Crippen molar-refractivity contribution in [3.05, 3.63) is 66.6 Å². The van der Waals surface area contributed by atoms with E-state index in [1.165, 1.54) is 23.8 Å². The van der Waals surface area contributed by atoms with Gasteiger partial charge in [-0.15, -0.1) is 0 Å². The summed E-state index contributed by atoms with van der Waals surface area (Å²) in [4.78, 5) is 43.7. The van der Waals surface area contributed by atoms with Crippen LogP contribution in [-0.4, -0.2) is 70.1 Å². The predicted molar refractivity (Wildman–Crippen MR) is 194 cm³/mol. The summed E-state index contributed by atoms with van der Waals surface area (Å²) in [5, 5.41) is 17.9. The zero-order chi connectivity index (χ0) is 38.7. The molecule has 17 heteroatoms. The van der Waals surface area contributed by atoms with Crippen LogP contribution < -0.4 is 15.3 Å². The number of para-hydroxylation sites is 1. The lowest BCUT2D eigenvalue weighted by atomic mass is 9.92. The molecule has 2 aliphatic rings. The molecule has 290 valence electrons. The molecule has 0 aliphatic carbocycles. The minimum absolute atomic E-state index is 0.00346. The van der Waals surface area contributed by atoms with E-state index < -0.39 is 62.2 Å². The van der Waals surface area contributed by atoms with Gasteiger partial charge in [0, 0.05) is 12.8 Å². The predicted octanol–water partition coefficient (Wildman–Crippen LogP) is 5.32. The molecule has 3 aromatic rings. The van der Waals surface area contributed by atoms with Crippen LogP contribution in [0.15, 0.2) is 60.9 Å². The Morgan fingerprint density at radius 1 is 1.09 bits per heavy atom. The number of anilines is 1. The molecule has 2 aliphatic heterocycles. The maximum absolute atomic E-state index is 14.5. The van der Waals surface area contributed by atoms with Crippen molar-refractivity contribution in [3.63, 3.8) is 0 Å². The van der Waals surface area contributed by atoms with Crippen molar-refractivity contribution >= 4 is 37.0 Å². The van der Waals surface area contributed by atoms with Crippen LogP contribution in [0.3, 0.4) is 0 Å². The van der Waals surface area contributed by atoms with E-state index in [-0.39, 0.29) is 42.6 Å². The van der Waals surface area contributed by atoms with E-state index >= 15 is 0 Å². The number of hydrogen-bond donors (Lipinski definition) is 2. The van der Waals surface area contributed by atoms with Crippen LogP contribution in [0.5, 0.6) is 5.75 Å². The number of carbonyl (C=O) groups excluding carboxylic acids is 3. The van der Waals surface area contributed by atoms with Gasteiger partial charge in [0.2, 0.25) is 5.60 Å². The number of benzene rings is 1. The van der Waals surface area contributed by atoms with Gasteiger partial charge < -0.3 is 29.2 Å². The number of allylic oxidation sites excluding steroid dienone is 2. The minimum atomic E-state index is -4.47. The third-order valence-electron chi connectivity index (χ3n) is 9.33. The average molecular weight is 767 g/mol. The molecule has 1 unspecified atom stereocenters. The van der Waals surface area contributed by atoms with Gasteiger partial charge in [-0.2, -0.15) is 15.4 Å². The normalized spacial score (nSPS) is 24.6. The molecule has 0 spiro atoms. The van der Waals surface area contributed by atoms with Gasteiger partial charge in [0.1, 0.15) is 35.8 Å². The Morgan fingerprint density at radius 2 is 1.78 bits per heavy atom. The summed E-state index contributed by atoms with van der Waals surface area (Å²) in [5.41, 5.74) is 4.41. The van der Waals surface area contributed by atoms with E-state index in [4.69, 9.17) is 33.7 Å². The van der Waals surface area contributed by atoms with E-state index in [0.717, 1.165) is 12.8 Å². The Kier molecular flexibility index (Phi) is 13.8. The zero-order valence-electron chi connectivity index (χ0n) is 30.6. The number of nitriles is 1. The summed E-state index contributed by atoms with van der Waals surface area (Å²) in [7, 11) is -4.47. The van der Waals surface area contributed by atoms with Gasteiger partial charge in [-0.1, -0.05) is 57.0 Å². The summed E-state index contributed by atoms with van der Waals surface area (Å²) in [6, 6.07) is 12.3. The topological polar surface area (TPSA) is 216 Å². The van der Waals surface area contributed by atoms with Gasteiger partial charge >= 0.3 is 25.7 Å². The third kappa shape index (κ3) is 9.64. The van der Waals surface area contributed by atoms with Crippen molar-refractivity contribution < 1.29 is 46.9 Å². The first-order chi connectivity index (χ1) is 26.0. The standard InChI is InChI=1S/C37H47N6O10P/c1-4-26(5-2)21-48-36(46)25(3)42-54(47,53-27-15-11-10-12-16-27)49-22-29-33-34(51-32(45)18-14-9-7-6-8-13-17-31(44)50-33)37(23-38,52-29)30-20-19-28-35(39)40-24-41-43(28)30/h6-7,10-12,15-16,19-20,24-26,29,33-34H,4-5,8-9,13-14,17-18,21-22H2,1-3H3,(H,42,47)(H2,39,40,41)/b7-6-/t25-,29+,33+,34+,37-,54?/m0/s1. The Balaban J connectivity index is 1.51. The molecule has 4 heterocycles. The first kappa shape index (κ1) is 40.4. The summed E-state index contributed by atoms with van der Waals surface area (Å²) in [5.74, 6) is -1.55. The SMILES string of the molecule is CCC(CC)COC(=O)[C@H](C)NP(=O)(OC[C@H]1O[C@@](C#N)(c2ccc3c(N)ncnn23)[C@@H]2OC(=O)CCC/C=C\CCCC(=O)O[C@@H]21)Oc1ccccc1. The summed E-state index contributed by atoms with van der Waals surface area (Å²) < 4.78 is 51.6. The molecule has 1 fully saturated rings. The smallest absolute Gasteiger partial charge is 0.459 e. The second-order valence-corrected chi connectivity index (χ2v) is 14.8. The molecule has 16 nitrogen and oxygen atoms in total. The van der Waals surface area contributed by atoms with Crippen LogP contribution in [0.4, 0.5) is 5.82 Å².